The van der Waals surface area contributed by atoms with Crippen molar-refractivity contribution in [3.05, 3.63) is 23.5 Å². The molecule has 0 unspecified atom stereocenters. The van der Waals surface area contributed by atoms with Crippen molar-refractivity contribution < 1.29 is 5.11 Å². The lowest BCUT2D eigenvalue weighted by Crippen LogP contribution is -2.21. The van der Waals surface area contributed by atoms with Gasteiger partial charge in [-0.1, -0.05) is 0 Å². The fraction of sp³-hybridized carbons (Fsp3) is 0.500. The Labute approximate surface area is 91.8 Å². The first-order valence-corrected chi connectivity index (χ1v) is 6.01. The molecule has 1 aliphatic heterocycles. The van der Waals surface area contributed by atoms with Gasteiger partial charge in [0.1, 0.15) is 0 Å². The Hall–Kier alpha value is -0.910. The van der Waals surface area contributed by atoms with E-state index >= 15 is 0 Å². The zero-order chi connectivity index (χ0) is 10.3. The second-order valence-corrected chi connectivity index (χ2v) is 4.88. The maximum Gasteiger partial charge on any atom is 0.193 e. The van der Waals surface area contributed by atoms with Crippen LogP contribution in [-0.2, 0) is 6.54 Å². The molecule has 1 saturated heterocycles. The number of rotatable bonds is 2. The molecule has 0 bridgehead atoms. The first-order chi connectivity index (χ1) is 7.31. The highest BCUT2D eigenvalue weighted by Crippen LogP contribution is 2.15. The van der Waals surface area contributed by atoms with Gasteiger partial charge < -0.3 is 5.11 Å². The zero-order valence-electron chi connectivity index (χ0n) is 8.33. The van der Waals surface area contributed by atoms with Crippen LogP contribution >= 0.6 is 11.3 Å². The minimum Gasteiger partial charge on any atom is -0.392 e. The van der Waals surface area contributed by atoms with Crippen molar-refractivity contribution in [1.82, 2.24) is 14.3 Å². The van der Waals surface area contributed by atoms with Crippen LogP contribution in [0.25, 0.3) is 4.96 Å². The topological polar surface area (TPSA) is 40.8 Å². The number of likely N-dealkylation sites (tertiary alicyclic amines) is 1. The number of thiazole rings is 1. The summed E-state index contributed by atoms with van der Waals surface area (Å²) in [6, 6.07) is 0. The van der Waals surface area contributed by atoms with Crippen molar-refractivity contribution in [3.63, 3.8) is 0 Å². The average Bonchev–Trinajstić information content (AvgIpc) is 2.81. The lowest BCUT2D eigenvalue weighted by Gasteiger charge is -2.12. The van der Waals surface area contributed by atoms with Crippen LogP contribution < -0.4 is 0 Å². The first-order valence-electron chi connectivity index (χ1n) is 5.13. The highest BCUT2D eigenvalue weighted by atomic mass is 32.1. The molecule has 0 amide bonds. The van der Waals surface area contributed by atoms with Gasteiger partial charge in [0.2, 0.25) is 0 Å². The Kier molecular flexibility index (Phi) is 2.23. The summed E-state index contributed by atoms with van der Waals surface area (Å²) in [6.07, 6.45) is 4.84. The molecule has 15 heavy (non-hydrogen) atoms. The van der Waals surface area contributed by atoms with Crippen LogP contribution in [0.5, 0.6) is 0 Å². The van der Waals surface area contributed by atoms with E-state index in [0.29, 0.717) is 0 Å². The Morgan fingerprint density at radius 1 is 1.60 bits per heavy atom. The number of aromatic nitrogens is 2. The predicted molar refractivity (Wildman–Crippen MR) is 59.0 cm³/mol. The number of hydrogen-bond donors (Lipinski definition) is 1. The number of imidazole rings is 1. The summed E-state index contributed by atoms with van der Waals surface area (Å²) in [5.41, 5.74) is 1.09. The van der Waals surface area contributed by atoms with E-state index in [9.17, 15) is 5.11 Å². The van der Waals surface area contributed by atoms with Crippen molar-refractivity contribution >= 4 is 16.3 Å². The monoisotopic (exact) mass is 223 g/mol. The molecular formula is C10H13N3OS. The van der Waals surface area contributed by atoms with Crippen LogP contribution in [0, 0.1) is 0 Å². The van der Waals surface area contributed by atoms with Crippen molar-refractivity contribution in [3.8, 4) is 0 Å². The van der Waals surface area contributed by atoms with Crippen LogP contribution in [0.1, 0.15) is 12.1 Å². The summed E-state index contributed by atoms with van der Waals surface area (Å²) >= 11 is 1.65. The number of aliphatic hydroxyl groups is 1. The van der Waals surface area contributed by atoms with Gasteiger partial charge in [-0.25, -0.2) is 4.98 Å². The van der Waals surface area contributed by atoms with Crippen molar-refractivity contribution in [2.45, 2.75) is 19.1 Å². The van der Waals surface area contributed by atoms with Gasteiger partial charge in [0.25, 0.3) is 0 Å². The van der Waals surface area contributed by atoms with E-state index < -0.39 is 0 Å². The largest absolute Gasteiger partial charge is 0.392 e. The Morgan fingerprint density at radius 2 is 2.53 bits per heavy atom. The van der Waals surface area contributed by atoms with Gasteiger partial charge in [-0.15, -0.1) is 11.3 Å². The van der Waals surface area contributed by atoms with Gasteiger partial charge >= 0.3 is 0 Å². The van der Waals surface area contributed by atoms with E-state index in [1.54, 1.807) is 11.3 Å². The van der Waals surface area contributed by atoms with Gasteiger partial charge in [-0.2, -0.15) is 0 Å². The van der Waals surface area contributed by atoms with E-state index in [-0.39, 0.29) is 6.10 Å². The van der Waals surface area contributed by atoms with Crippen LogP contribution in [-0.4, -0.2) is 38.6 Å². The molecule has 0 spiro atoms. The number of aliphatic hydroxyl groups excluding tert-OH is 1. The van der Waals surface area contributed by atoms with Gasteiger partial charge in [-0.05, 0) is 6.42 Å². The third-order valence-corrected chi connectivity index (χ3v) is 3.55. The van der Waals surface area contributed by atoms with Gasteiger partial charge in [0.05, 0.1) is 11.8 Å². The SMILES string of the molecule is O[C@@H]1CCN(Cc2cn3ccsc3n2)C1. The molecule has 0 saturated carbocycles. The average molecular weight is 223 g/mol. The van der Waals surface area contributed by atoms with Crippen molar-refractivity contribution in [2.75, 3.05) is 13.1 Å². The molecule has 3 rings (SSSR count). The molecule has 3 heterocycles. The molecule has 4 nitrogen and oxygen atoms in total. The molecule has 0 radical (unpaired) electrons. The third-order valence-electron chi connectivity index (χ3n) is 2.78. The number of hydrogen-bond acceptors (Lipinski definition) is 4. The van der Waals surface area contributed by atoms with E-state index in [1.807, 2.05) is 16.0 Å². The second-order valence-electron chi connectivity index (χ2n) is 4.00. The predicted octanol–water partition coefficient (Wildman–Crippen LogP) is 0.962. The molecule has 1 aliphatic rings. The van der Waals surface area contributed by atoms with Gasteiger partial charge in [-0.3, -0.25) is 9.30 Å². The molecule has 5 heteroatoms. The van der Waals surface area contributed by atoms with E-state index in [2.05, 4.69) is 16.1 Å². The van der Waals surface area contributed by atoms with E-state index in [1.165, 1.54) is 0 Å². The number of β-amino-alcohol motifs (C(OH)–C–C–N with tert-alkyl or cyclic N) is 1. The molecule has 0 aromatic carbocycles. The van der Waals surface area contributed by atoms with E-state index in [0.717, 1.165) is 36.7 Å². The maximum absolute atomic E-state index is 9.41. The van der Waals surface area contributed by atoms with Crippen LogP contribution in [0.4, 0.5) is 0 Å². The Bertz CT molecular complexity index is 435. The minimum absolute atomic E-state index is 0.145. The maximum atomic E-state index is 9.41. The summed E-state index contributed by atoms with van der Waals surface area (Å²) < 4.78 is 2.05. The molecule has 80 valence electrons. The lowest BCUT2D eigenvalue weighted by atomic mass is 10.3. The van der Waals surface area contributed by atoms with Crippen LogP contribution in [0.3, 0.4) is 0 Å². The molecule has 1 fully saturated rings. The molecule has 2 aromatic heterocycles. The van der Waals surface area contributed by atoms with Gasteiger partial charge in [0.15, 0.2) is 4.96 Å². The Morgan fingerprint density at radius 3 is 3.27 bits per heavy atom. The lowest BCUT2D eigenvalue weighted by molar-refractivity contribution is 0.174. The normalized spacial score (nSPS) is 22.9. The van der Waals surface area contributed by atoms with E-state index in [4.69, 9.17) is 0 Å². The molecule has 2 aromatic rings. The highest BCUT2D eigenvalue weighted by Gasteiger charge is 2.20. The summed E-state index contributed by atoms with van der Waals surface area (Å²) in [5, 5.41) is 11.4. The summed E-state index contributed by atoms with van der Waals surface area (Å²) in [4.78, 5) is 7.81. The molecular weight excluding hydrogens is 210 g/mol. The van der Waals surface area contributed by atoms with Crippen LogP contribution in [0.2, 0.25) is 0 Å². The van der Waals surface area contributed by atoms with Crippen LogP contribution in [0.15, 0.2) is 17.8 Å². The molecule has 1 atom stereocenters. The number of fused-ring (bicyclic) bond motifs is 1. The van der Waals surface area contributed by atoms with Crippen molar-refractivity contribution in [1.29, 1.82) is 0 Å². The zero-order valence-corrected chi connectivity index (χ0v) is 9.15. The summed E-state index contributed by atoms with van der Waals surface area (Å²) in [7, 11) is 0. The fourth-order valence-electron chi connectivity index (χ4n) is 2.04. The fourth-order valence-corrected chi connectivity index (χ4v) is 2.76. The van der Waals surface area contributed by atoms with Crippen molar-refractivity contribution in [2.24, 2.45) is 0 Å². The highest BCUT2D eigenvalue weighted by molar-refractivity contribution is 7.15. The summed E-state index contributed by atoms with van der Waals surface area (Å²) in [6.45, 7) is 2.61. The second kappa shape index (κ2) is 3.59. The first kappa shape index (κ1) is 9.33. The smallest absolute Gasteiger partial charge is 0.193 e. The minimum atomic E-state index is -0.145. The molecule has 1 N–H and O–H groups in total. The number of nitrogens with zero attached hydrogens (tertiary/aromatic N) is 3. The third kappa shape index (κ3) is 1.78. The van der Waals surface area contributed by atoms with Gasteiger partial charge in [0, 0.05) is 37.4 Å². The molecule has 0 aliphatic carbocycles. The summed E-state index contributed by atoms with van der Waals surface area (Å²) in [5.74, 6) is 0. The Balaban J connectivity index is 1.75. The quantitative estimate of drug-likeness (QED) is 0.824. The standard InChI is InChI=1S/C10H13N3OS/c14-9-1-2-12(7-9)5-8-6-13-3-4-15-10(13)11-8/h3-4,6,9,14H,1-2,5,7H2/t9-/m1/s1.